The number of ether oxygens (including phenoxy) is 2. The van der Waals surface area contributed by atoms with Gasteiger partial charge in [-0.05, 0) is 32.6 Å². The van der Waals surface area contributed by atoms with Crippen molar-refractivity contribution < 1.29 is 29.0 Å². The van der Waals surface area contributed by atoms with Crippen LogP contribution in [0.25, 0.3) is 0 Å². The third kappa shape index (κ3) is 3.81. The number of rotatable bonds is 11. The van der Waals surface area contributed by atoms with Crippen molar-refractivity contribution in [1.29, 1.82) is 0 Å². The molecule has 3 fully saturated rings. The Bertz CT molecular complexity index is 815. The zero-order chi connectivity index (χ0) is 24.6. The third-order valence-corrected chi connectivity index (χ3v) is 7.77. The van der Waals surface area contributed by atoms with Crippen LogP contribution < -0.4 is 0 Å². The minimum absolute atomic E-state index is 0.0386. The number of hydrogen-bond acceptors (Lipinski definition) is 6. The molecule has 0 radical (unpaired) electrons. The summed E-state index contributed by atoms with van der Waals surface area (Å²) in [6.45, 7) is 15.6. The van der Waals surface area contributed by atoms with Gasteiger partial charge in [0.2, 0.25) is 11.8 Å². The molecule has 2 bridgehead atoms. The van der Waals surface area contributed by atoms with Crippen LogP contribution in [0.4, 0.5) is 0 Å². The molecule has 0 saturated carbocycles. The van der Waals surface area contributed by atoms with Crippen LogP contribution in [0.1, 0.15) is 47.0 Å². The smallest absolute Gasteiger partial charge is 0.313 e. The van der Waals surface area contributed by atoms with Gasteiger partial charge >= 0.3 is 5.97 Å². The molecule has 1 N–H and O–H groups in total. The summed E-state index contributed by atoms with van der Waals surface area (Å²) >= 11 is 0. The first-order chi connectivity index (χ1) is 15.6. The molecule has 1 spiro atoms. The van der Waals surface area contributed by atoms with E-state index in [1.54, 1.807) is 17.9 Å². The molecule has 8 nitrogen and oxygen atoms in total. The van der Waals surface area contributed by atoms with Crippen molar-refractivity contribution in [3.63, 3.8) is 0 Å². The van der Waals surface area contributed by atoms with Gasteiger partial charge in [0.15, 0.2) is 0 Å². The maximum atomic E-state index is 14.0. The second-order valence-corrected chi connectivity index (χ2v) is 9.83. The second-order valence-electron chi connectivity index (χ2n) is 9.83. The van der Waals surface area contributed by atoms with Crippen molar-refractivity contribution in [2.45, 2.75) is 70.2 Å². The van der Waals surface area contributed by atoms with E-state index in [9.17, 15) is 19.5 Å². The lowest BCUT2D eigenvalue weighted by Crippen LogP contribution is -2.58. The molecule has 0 aromatic heterocycles. The van der Waals surface area contributed by atoms with Crippen LogP contribution in [0.3, 0.4) is 0 Å². The Morgan fingerprint density at radius 3 is 2.67 bits per heavy atom. The average Bonchev–Trinajstić information content (AvgIpc) is 3.30. The van der Waals surface area contributed by atoms with Crippen molar-refractivity contribution in [2.24, 2.45) is 17.8 Å². The number of esters is 1. The number of likely N-dealkylation sites (tertiary alicyclic amines) is 1. The number of carbonyl (C=O) groups excluding carboxylic acids is 3. The van der Waals surface area contributed by atoms with E-state index in [1.807, 2.05) is 20.8 Å². The van der Waals surface area contributed by atoms with E-state index in [-0.39, 0.29) is 30.9 Å². The van der Waals surface area contributed by atoms with Crippen LogP contribution in [0, 0.1) is 17.8 Å². The van der Waals surface area contributed by atoms with Gasteiger partial charge in [-0.25, -0.2) is 0 Å². The molecule has 3 aliphatic heterocycles. The molecule has 3 heterocycles. The van der Waals surface area contributed by atoms with Gasteiger partial charge in [0, 0.05) is 13.1 Å². The first-order valence-electron chi connectivity index (χ1n) is 11.9. The first-order valence-corrected chi connectivity index (χ1v) is 11.9. The minimum atomic E-state index is -1.14. The monoisotopic (exact) mass is 462 g/mol. The number of hydrogen-bond donors (Lipinski definition) is 1. The van der Waals surface area contributed by atoms with E-state index in [2.05, 4.69) is 13.2 Å². The topological polar surface area (TPSA) is 96.4 Å². The van der Waals surface area contributed by atoms with E-state index in [0.717, 1.165) is 12.8 Å². The highest BCUT2D eigenvalue weighted by atomic mass is 16.6. The summed E-state index contributed by atoms with van der Waals surface area (Å²) in [5.74, 6) is -2.80. The standard InChI is InChI=1S/C25H38N2O6/c1-7-10-12-26(11-8-2)22(30)20-25-14-16(4)24(6,33-25)19(23(31)32-13-9-3)18(25)21(29)27(20)17(5)15-28/h8-9,16-20,28H,2-3,7,10-15H2,1,4-6H3/t16?,17-,18+,19-,20?,24+,25?/m1/s1. The fourth-order valence-corrected chi connectivity index (χ4v) is 6.08. The van der Waals surface area contributed by atoms with E-state index in [0.29, 0.717) is 19.5 Å². The Balaban J connectivity index is 2.10. The number of aliphatic hydroxyl groups excluding tert-OH is 1. The molecule has 7 atom stereocenters. The predicted molar refractivity (Wildman–Crippen MR) is 123 cm³/mol. The summed E-state index contributed by atoms with van der Waals surface area (Å²) in [5.41, 5.74) is -2.06. The quantitative estimate of drug-likeness (QED) is 0.372. The fourth-order valence-electron chi connectivity index (χ4n) is 6.08. The predicted octanol–water partition coefficient (Wildman–Crippen LogP) is 1.92. The van der Waals surface area contributed by atoms with Gasteiger partial charge in [-0.2, -0.15) is 0 Å². The van der Waals surface area contributed by atoms with Crippen LogP contribution in [-0.4, -0.2) is 82.3 Å². The summed E-state index contributed by atoms with van der Waals surface area (Å²) in [6, 6.07) is -1.52. The van der Waals surface area contributed by atoms with Gasteiger partial charge in [0.05, 0.1) is 24.2 Å². The molecule has 184 valence electrons. The second kappa shape index (κ2) is 9.58. The van der Waals surface area contributed by atoms with Gasteiger partial charge in [-0.15, -0.1) is 6.58 Å². The largest absolute Gasteiger partial charge is 0.461 e. The Labute approximate surface area is 196 Å². The van der Waals surface area contributed by atoms with E-state index >= 15 is 0 Å². The van der Waals surface area contributed by atoms with Crippen molar-refractivity contribution in [1.82, 2.24) is 9.80 Å². The van der Waals surface area contributed by atoms with Crippen molar-refractivity contribution in [3.8, 4) is 0 Å². The number of unbranched alkanes of at least 4 members (excludes halogenated alkanes) is 1. The van der Waals surface area contributed by atoms with Crippen LogP contribution in [-0.2, 0) is 23.9 Å². The van der Waals surface area contributed by atoms with Crippen molar-refractivity contribution in [3.05, 3.63) is 25.3 Å². The minimum Gasteiger partial charge on any atom is -0.461 e. The number of nitrogens with zero attached hydrogens (tertiary/aromatic N) is 2. The Hall–Kier alpha value is -2.19. The molecular weight excluding hydrogens is 424 g/mol. The number of carbonyl (C=O) groups is 3. The van der Waals surface area contributed by atoms with Crippen molar-refractivity contribution in [2.75, 3.05) is 26.3 Å². The lowest BCUT2D eigenvalue weighted by Gasteiger charge is -2.38. The summed E-state index contributed by atoms with van der Waals surface area (Å²) in [7, 11) is 0. The maximum Gasteiger partial charge on any atom is 0.313 e. The Morgan fingerprint density at radius 1 is 1.39 bits per heavy atom. The van der Waals surface area contributed by atoms with Crippen LogP contribution >= 0.6 is 0 Å². The first kappa shape index (κ1) is 25.4. The lowest BCUT2D eigenvalue weighted by molar-refractivity contribution is -0.162. The average molecular weight is 463 g/mol. The van der Waals surface area contributed by atoms with Crippen LogP contribution in [0.15, 0.2) is 25.3 Å². The summed E-state index contributed by atoms with van der Waals surface area (Å²) in [5, 5.41) is 9.94. The molecule has 0 aromatic rings. The Kier molecular flexibility index (Phi) is 7.39. The van der Waals surface area contributed by atoms with Crippen LogP contribution in [0.2, 0.25) is 0 Å². The molecule has 3 rings (SSSR count). The van der Waals surface area contributed by atoms with Gasteiger partial charge in [-0.3, -0.25) is 14.4 Å². The Morgan fingerprint density at radius 2 is 2.09 bits per heavy atom. The molecular formula is C25H38N2O6. The molecule has 0 aromatic carbocycles. The molecule has 3 saturated heterocycles. The van der Waals surface area contributed by atoms with E-state index < -0.39 is 41.1 Å². The highest BCUT2D eigenvalue weighted by molar-refractivity contribution is 5.98. The number of amides is 2. The maximum absolute atomic E-state index is 14.0. The van der Waals surface area contributed by atoms with Crippen molar-refractivity contribution >= 4 is 17.8 Å². The zero-order valence-corrected chi connectivity index (χ0v) is 20.3. The van der Waals surface area contributed by atoms with E-state index in [1.165, 1.54) is 11.0 Å². The zero-order valence-electron chi connectivity index (χ0n) is 20.3. The SMILES string of the molecule is C=CCOC(=O)[C@H]1[C@H]2C(=O)N([C@H](C)CO)C(C(=O)N(CC=C)CCCC)C23CC(C)[C@]1(C)O3. The number of fused-ring (bicyclic) bond motifs is 1. The fraction of sp³-hybridized carbons (Fsp3) is 0.720. The highest BCUT2D eigenvalue weighted by Crippen LogP contribution is 2.65. The van der Waals surface area contributed by atoms with Gasteiger partial charge in [0.1, 0.15) is 24.2 Å². The van der Waals surface area contributed by atoms with Crippen LogP contribution in [0.5, 0.6) is 0 Å². The van der Waals surface area contributed by atoms with Gasteiger partial charge in [0.25, 0.3) is 0 Å². The summed E-state index contributed by atoms with van der Waals surface area (Å²) in [4.78, 5) is 44.1. The molecule has 8 heteroatoms. The molecule has 33 heavy (non-hydrogen) atoms. The lowest BCUT2D eigenvalue weighted by atomic mass is 9.62. The third-order valence-electron chi connectivity index (χ3n) is 7.77. The highest BCUT2D eigenvalue weighted by Gasteiger charge is 2.80. The normalized spacial score (nSPS) is 35.3. The molecule has 0 aliphatic carbocycles. The molecule has 2 amide bonds. The van der Waals surface area contributed by atoms with Gasteiger partial charge < -0.3 is 24.4 Å². The van der Waals surface area contributed by atoms with Gasteiger partial charge in [-0.1, -0.05) is 39.0 Å². The number of aliphatic hydroxyl groups is 1. The molecule has 3 unspecified atom stereocenters. The summed E-state index contributed by atoms with van der Waals surface area (Å²) < 4.78 is 12.0. The molecule has 3 aliphatic rings. The van der Waals surface area contributed by atoms with E-state index in [4.69, 9.17) is 9.47 Å². The summed E-state index contributed by atoms with van der Waals surface area (Å²) in [6.07, 6.45) is 5.37.